The van der Waals surface area contributed by atoms with Gasteiger partial charge in [-0.15, -0.1) is 0 Å². The Morgan fingerprint density at radius 3 is 2.48 bits per heavy atom. The first kappa shape index (κ1) is 21.0. The first-order chi connectivity index (χ1) is 15.9. The van der Waals surface area contributed by atoms with Gasteiger partial charge in [0.25, 0.3) is 11.5 Å². The van der Waals surface area contributed by atoms with E-state index in [1.807, 2.05) is 56.3 Å². The molecule has 2 aromatic carbocycles. The van der Waals surface area contributed by atoms with Gasteiger partial charge < -0.3 is 15.0 Å². The van der Waals surface area contributed by atoms with Crippen molar-refractivity contribution in [2.75, 3.05) is 7.11 Å². The number of aromatic amines is 1. The molecule has 0 unspecified atom stereocenters. The third-order valence-electron chi connectivity index (χ3n) is 6.72. The molecule has 2 heterocycles. The largest absolute Gasteiger partial charge is 0.497 e. The van der Waals surface area contributed by atoms with Crippen molar-refractivity contribution in [3.63, 3.8) is 0 Å². The molecular formula is C26H26N4O3. The minimum absolute atomic E-state index is 0.220. The lowest BCUT2D eigenvalue weighted by atomic mass is 9.71. The van der Waals surface area contributed by atoms with Crippen LogP contribution < -0.4 is 15.6 Å². The van der Waals surface area contributed by atoms with Crippen LogP contribution in [0.25, 0.3) is 16.8 Å². The van der Waals surface area contributed by atoms with Crippen molar-refractivity contribution in [3.05, 3.63) is 87.5 Å². The first-order valence-corrected chi connectivity index (χ1v) is 11.1. The van der Waals surface area contributed by atoms with Crippen molar-refractivity contribution >= 4 is 11.4 Å². The summed E-state index contributed by atoms with van der Waals surface area (Å²) in [5.41, 5.74) is 4.76. The lowest BCUT2D eigenvalue weighted by Gasteiger charge is -2.43. The third-order valence-corrected chi connectivity index (χ3v) is 6.72. The lowest BCUT2D eigenvalue weighted by molar-refractivity contribution is 0.0817. The number of fused-ring (bicyclic) bond motifs is 1. The zero-order valence-electron chi connectivity index (χ0n) is 18.9. The molecule has 2 N–H and O–H groups in total. The quantitative estimate of drug-likeness (QED) is 0.487. The second-order valence-corrected chi connectivity index (χ2v) is 8.77. The van der Waals surface area contributed by atoms with E-state index >= 15 is 0 Å². The molecule has 1 amide bonds. The Labute approximate surface area is 191 Å². The number of amides is 1. The highest BCUT2D eigenvalue weighted by atomic mass is 16.5. The fraction of sp³-hybridized carbons (Fsp3) is 0.269. The lowest BCUT2D eigenvalue weighted by Crippen LogP contribution is -2.50. The highest BCUT2D eigenvalue weighted by Crippen LogP contribution is 2.41. The van der Waals surface area contributed by atoms with Crippen molar-refractivity contribution in [2.24, 2.45) is 0 Å². The van der Waals surface area contributed by atoms with E-state index in [0.717, 1.165) is 41.7 Å². The number of methoxy groups -OCH3 is 1. The van der Waals surface area contributed by atoms with Gasteiger partial charge >= 0.3 is 0 Å². The van der Waals surface area contributed by atoms with E-state index in [0.29, 0.717) is 11.2 Å². The van der Waals surface area contributed by atoms with Crippen LogP contribution in [0.15, 0.2) is 59.5 Å². The van der Waals surface area contributed by atoms with Gasteiger partial charge in [-0.3, -0.25) is 9.59 Å². The third kappa shape index (κ3) is 3.69. The Kier molecular flexibility index (Phi) is 5.04. The highest BCUT2D eigenvalue weighted by molar-refractivity contribution is 5.94. The molecule has 5 rings (SSSR count). The number of nitrogens with one attached hydrogen (secondary N) is 2. The van der Waals surface area contributed by atoms with Gasteiger partial charge in [0, 0.05) is 6.07 Å². The zero-order chi connectivity index (χ0) is 23.2. The summed E-state index contributed by atoms with van der Waals surface area (Å²) in [6, 6.07) is 15.3. The van der Waals surface area contributed by atoms with Crippen LogP contribution in [0.5, 0.6) is 5.75 Å². The summed E-state index contributed by atoms with van der Waals surface area (Å²) in [5.74, 6) is 0.486. The number of H-pyrrole nitrogens is 1. The Bertz CT molecular complexity index is 1410. The normalized spacial score (nSPS) is 14.6. The number of benzene rings is 2. The molecule has 1 fully saturated rings. The van der Waals surface area contributed by atoms with Crippen LogP contribution in [0.2, 0.25) is 0 Å². The van der Waals surface area contributed by atoms with Gasteiger partial charge in [0.15, 0.2) is 5.69 Å². The van der Waals surface area contributed by atoms with E-state index in [1.54, 1.807) is 19.4 Å². The number of hydrogen-bond donors (Lipinski definition) is 2. The second kappa shape index (κ2) is 7.92. The average molecular weight is 443 g/mol. The maximum absolute atomic E-state index is 13.1. The number of nitrogens with zero attached hydrogens (tertiary/aromatic N) is 2. The van der Waals surface area contributed by atoms with Crippen molar-refractivity contribution < 1.29 is 9.53 Å². The number of carbonyl (C=O) groups excluding carboxylic acids is 1. The summed E-state index contributed by atoms with van der Waals surface area (Å²) in [7, 11) is 1.63. The second-order valence-electron chi connectivity index (χ2n) is 8.77. The van der Waals surface area contributed by atoms with Crippen LogP contribution in [0, 0.1) is 13.8 Å². The smallest absolute Gasteiger partial charge is 0.274 e. The molecule has 168 valence electrons. The molecule has 1 aliphatic rings. The molecule has 0 bridgehead atoms. The van der Waals surface area contributed by atoms with E-state index in [9.17, 15) is 9.59 Å². The van der Waals surface area contributed by atoms with Crippen LogP contribution in [0.3, 0.4) is 0 Å². The molecule has 0 saturated heterocycles. The summed E-state index contributed by atoms with van der Waals surface area (Å²) in [6.45, 7) is 4.08. The summed E-state index contributed by atoms with van der Waals surface area (Å²) in [5, 5.41) is 7.60. The van der Waals surface area contributed by atoms with Crippen molar-refractivity contribution in [1.29, 1.82) is 0 Å². The first-order valence-electron chi connectivity index (χ1n) is 11.1. The van der Waals surface area contributed by atoms with E-state index in [-0.39, 0.29) is 17.2 Å². The number of hydrogen-bond acceptors (Lipinski definition) is 4. The van der Waals surface area contributed by atoms with Gasteiger partial charge in [-0.25, -0.2) is 4.52 Å². The zero-order valence-corrected chi connectivity index (χ0v) is 18.9. The van der Waals surface area contributed by atoms with Gasteiger partial charge in [0.1, 0.15) is 11.3 Å². The van der Waals surface area contributed by atoms with Gasteiger partial charge in [-0.1, -0.05) is 24.3 Å². The van der Waals surface area contributed by atoms with E-state index in [2.05, 4.69) is 15.4 Å². The average Bonchev–Trinajstić information content (AvgIpc) is 3.23. The molecule has 0 atom stereocenters. The van der Waals surface area contributed by atoms with Crippen LogP contribution in [-0.4, -0.2) is 27.6 Å². The van der Waals surface area contributed by atoms with E-state index in [4.69, 9.17) is 4.74 Å². The maximum atomic E-state index is 13.1. The minimum atomic E-state index is -0.420. The van der Waals surface area contributed by atoms with Crippen LogP contribution >= 0.6 is 0 Å². The molecule has 2 aromatic heterocycles. The number of carbonyl (C=O) groups is 1. The Morgan fingerprint density at radius 1 is 1.09 bits per heavy atom. The fourth-order valence-corrected chi connectivity index (χ4v) is 4.38. The Balaban J connectivity index is 1.45. The topological polar surface area (TPSA) is 88.5 Å². The number of aryl methyl sites for hydroxylation is 2. The molecule has 7 nitrogen and oxygen atoms in total. The Hall–Kier alpha value is -3.87. The monoisotopic (exact) mass is 442 g/mol. The van der Waals surface area contributed by atoms with Gasteiger partial charge in [-0.05, 0) is 73.6 Å². The molecule has 1 saturated carbocycles. The Morgan fingerprint density at radius 2 is 1.85 bits per heavy atom. The van der Waals surface area contributed by atoms with Crippen molar-refractivity contribution in [2.45, 2.75) is 38.6 Å². The van der Waals surface area contributed by atoms with Gasteiger partial charge in [0.05, 0.1) is 24.5 Å². The van der Waals surface area contributed by atoms with Crippen molar-refractivity contribution in [1.82, 2.24) is 19.9 Å². The van der Waals surface area contributed by atoms with Crippen LogP contribution in [0.1, 0.15) is 46.4 Å². The molecule has 7 heteroatoms. The summed E-state index contributed by atoms with van der Waals surface area (Å²) in [6.07, 6.45) is 4.50. The molecular weight excluding hydrogens is 416 g/mol. The minimum Gasteiger partial charge on any atom is -0.497 e. The predicted octanol–water partition coefficient (Wildman–Crippen LogP) is 4.12. The van der Waals surface area contributed by atoms with Crippen LogP contribution in [-0.2, 0) is 5.54 Å². The highest BCUT2D eigenvalue weighted by Gasteiger charge is 2.40. The number of aromatic nitrogens is 3. The fourth-order valence-electron chi connectivity index (χ4n) is 4.38. The molecule has 0 aliphatic heterocycles. The van der Waals surface area contributed by atoms with Gasteiger partial charge in [-0.2, -0.15) is 5.10 Å². The molecule has 1 aliphatic carbocycles. The summed E-state index contributed by atoms with van der Waals surface area (Å²) in [4.78, 5) is 28.8. The molecule has 0 spiro atoms. The molecule has 33 heavy (non-hydrogen) atoms. The van der Waals surface area contributed by atoms with Gasteiger partial charge in [0.2, 0.25) is 0 Å². The molecule has 0 radical (unpaired) electrons. The number of ether oxygens (including phenoxy) is 1. The number of rotatable bonds is 5. The predicted molar refractivity (Wildman–Crippen MR) is 127 cm³/mol. The van der Waals surface area contributed by atoms with E-state index < -0.39 is 5.54 Å². The SMILES string of the molecule is COc1ccc(C2(NC(=O)c3cc4c(=O)[nH]c(-c5ccc(C)c(C)c5)cn4n3)CCC2)cc1. The van der Waals surface area contributed by atoms with Crippen molar-refractivity contribution in [3.8, 4) is 17.0 Å². The maximum Gasteiger partial charge on any atom is 0.274 e. The standard InChI is InChI=1S/C26H26N4O3/c1-16-5-6-18(13-17(16)2)22-15-30-23(25(32)27-22)14-21(29-30)24(31)28-26(11-4-12-26)19-7-9-20(33-3)10-8-19/h5-10,13-15H,4,11-12H2,1-3H3,(H,27,32)(H,28,31). The summed E-state index contributed by atoms with van der Waals surface area (Å²) >= 11 is 0. The van der Waals surface area contributed by atoms with Crippen LogP contribution in [0.4, 0.5) is 0 Å². The summed E-state index contributed by atoms with van der Waals surface area (Å²) < 4.78 is 6.74. The van der Waals surface area contributed by atoms with E-state index in [1.165, 1.54) is 10.1 Å². The molecule has 4 aromatic rings.